The minimum Gasteiger partial charge on any atom is -0.497 e. The number of nitrogens with one attached hydrogen (secondary N) is 1. The van der Waals surface area contributed by atoms with Gasteiger partial charge in [0.1, 0.15) is 11.4 Å². The van der Waals surface area contributed by atoms with Crippen LogP contribution in [0.15, 0.2) is 48.0 Å². The number of aliphatic hydroxyl groups is 1. The number of methoxy groups -OCH3 is 1. The third-order valence-electron chi connectivity index (χ3n) is 6.91. The van der Waals surface area contributed by atoms with Crippen LogP contribution >= 0.6 is 11.3 Å². The Morgan fingerprint density at radius 2 is 1.83 bits per heavy atom. The molecule has 3 aromatic heterocycles. The lowest BCUT2D eigenvalue weighted by Crippen LogP contribution is -2.43. The zero-order valence-electron chi connectivity index (χ0n) is 22.5. The van der Waals surface area contributed by atoms with Gasteiger partial charge in [0, 0.05) is 30.7 Å². The fourth-order valence-electron chi connectivity index (χ4n) is 4.79. The number of benzene rings is 1. The summed E-state index contributed by atoms with van der Waals surface area (Å²) in [4.78, 5) is 28.6. The van der Waals surface area contributed by atoms with Gasteiger partial charge in [0.05, 0.1) is 28.9 Å². The van der Waals surface area contributed by atoms with Crippen molar-refractivity contribution in [2.45, 2.75) is 37.7 Å². The van der Waals surface area contributed by atoms with Gasteiger partial charge in [-0.25, -0.2) is 14.6 Å². The molecule has 1 atom stereocenters. The summed E-state index contributed by atoms with van der Waals surface area (Å²) in [6.07, 6.45) is -1.92. The molecule has 1 aromatic carbocycles. The summed E-state index contributed by atoms with van der Waals surface area (Å²) in [6.45, 7) is 2.08. The molecule has 0 aliphatic carbocycles. The molecule has 42 heavy (non-hydrogen) atoms. The number of halogens is 3. The highest BCUT2D eigenvalue weighted by atomic mass is 32.1. The molecule has 224 valence electrons. The van der Waals surface area contributed by atoms with Crippen molar-refractivity contribution in [2.75, 3.05) is 26.7 Å². The van der Waals surface area contributed by atoms with Crippen molar-refractivity contribution >= 4 is 44.4 Å². The lowest BCUT2D eigenvalue weighted by Gasteiger charge is -2.34. The lowest BCUT2D eigenvalue weighted by molar-refractivity contribution is -0.159. The van der Waals surface area contributed by atoms with E-state index in [0.717, 1.165) is 47.1 Å². The molecule has 1 saturated heterocycles. The number of β-amino-alcohol motifs (C(OH)–C–C–N with tert-alkyl or cyclic N) is 1. The Balaban J connectivity index is 0.000000612. The summed E-state index contributed by atoms with van der Waals surface area (Å²) in [5, 5.41) is 31.7. The van der Waals surface area contributed by atoms with Gasteiger partial charge in [-0.15, -0.1) is 11.3 Å². The van der Waals surface area contributed by atoms with Crippen LogP contribution in [0, 0.1) is 0 Å². The van der Waals surface area contributed by atoms with Crippen LogP contribution in [0.1, 0.15) is 35.8 Å². The molecular formula is C28H29F3N4O6S. The van der Waals surface area contributed by atoms with Crippen LogP contribution in [0.2, 0.25) is 0 Å². The first kappa shape index (κ1) is 31.1. The number of ether oxygens (including phenoxy) is 1. The van der Waals surface area contributed by atoms with Gasteiger partial charge in [0.15, 0.2) is 0 Å². The Bertz CT molecular complexity index is 1540. The number of aromatic nitrogens is 2. The Morgan fingerprint density at radius 1 is 1.12 bits per heavy atom. The molecule has 1 fully saturated rings. The number of carboxylic acid groups (broad SMARTS) is 2. The minimum absolute atomic E-state index is 0.101. The van der Waals surface area contributed by atoms with Gasteiger partial charge in [-0.05, 0) is 78.8 Å². The van der Waals surface area contributed by atoms with Crippen LogP contribution in [0.5, 0.6) is 5.75 Å². The van der Waals surface area contributed by atoms with Crippen LogP contribution in [0.25, 0.3) is 21.1 Å². The van der Waals surface area contributed by atoms with Crippen molar-refractivity contribution < 1.29 is 42.8 Å². The highest BCUT2D eigenvalue weighted by Gasteiger charge is 2.36. The van der Waals surface area contributed by atoms with Crippen molar-refractivity contribution in [3.63, 3.8) is 0 Å². The van der Waals surface area contributed by atoms with Gasteiger partial charge in [-0.1, -0.05) is 0 Å². The van der Waals surface area contributed by atoms with E-state index in [9.17, 15) is 18.3 Å². The number of aliphatic carboxylic acids is 2. The molecule has 4 aromatic rings. The number of nitrogens with zero attached hydrogens (tertiary/aromatic N) is 3. The number of piperidine rings is 1. The molecular weight excluding hydrogens is 577 g/mol. The molecule has 14 heteroatoms. The molecule has 1 aliphatic rings. The van der Waals surface area contributed by atoms with Crippen LogP contribution in [0.4, 0.5) is 13.2 Å². The Hall–Kier alpha value is -3.85. The maximum atomic E-state index is 13.6. The predicted octanol–water partition coefficient (Wildman–Crippen LogP) is 4.32. The smallest absolute Gasteiger partial charge is 0.433 e. The second-order valence-electron chi connectivity index (χ2n) is 9.66. The molecule has 0 spiro atoms. The van der Waals surface area contributed by atoms with Gasteiger partial charge in [-0.2, -0.15) is 13.2 Å². The summed E-state index contributed by atoms with van der Waals surface area (Å²) in [7, 11) is 1.60. The Labute approximate surface area is 242 Å². The van der Waals surface area contributed by atoms with Crippen LogP contribution in [0.3, 0.4) is 0 Å². The van der Waals surface area contributed by atoms with Gasteiger partial charge in [0.25, 0.3) is 0 Å². The maximum absolute atomic E-state index is 13.6. The summed E-state index contributed by atoms with van der Waals surface area (Å²) >= 11 is 1.39. The number of aliphatic hydroxyl groups excluding tert-OH is 1. The van der Waals surface area contributed by atoms with Crippen molar-refractivity contribution in [3.8, 4) is 5.75 Å². The topological polar surface area (TPSA) is 145 Å². The molecule has 0 saturated carbocycles. The number of rotatable bonds is 7. The number of pyridine rings is 2. The van der Waals surface area contributed by atoms with Crippen molar-refractivity contribution in [2.24, 2.45) is 0 Å². The fourth-order valence-corrected chi connectivity index (χ4v) is 5.58. The van der Waals surface area contributed by atoms with E-state index < -0.39 is 29.9 Å². The van der Waals surface area contributed by atoms with Gasteiger partial charge in [-0.3, -0.25) is 4.98 Å². The van der Waals surface area contributed by atoms with E-state index in [1.807, 2.05) is 24.3 Å². The zero-order valence-corrected chi connectivity index (χ0v) is 23.3. The molecule has 1 aliphatic heterocycles. The predicted molar refractivity (Wildman–Crippen MR) is 149 cm³/mol. The number of hydrogen-bond donors (Lipinski definition) is 4. The number of carbonyl (C=O) groups is 2. The van der Waals surface area contributed by atoms with Crippen molar-refractivity contribution in [1.82, 2.24) is 20.2 Å². The molecule has 10 nitrogen and oxygen atoms in total. The van der Waals surface area contributed by atoms with Gasteiger partial charge >= 0.3 is 18.1 Å². The summed E-state index contributed by atoms with van der Waals surface area (Å²) < 4.78 is 46.8. The zero-order chi connectivity index (χ0) is 30.4. The van der Waals surface area contributed by atoms with E-state index in [4.69, 9.17) is 24.5 Å². The first-order chi connectivity index (χ1) is 20.0. The molecule has 4 N–H and O–H groups in total. The first-order valence-corrected chi connectivity index (χ1v) is 13.8. The molecule has 0 radical (unpaired) electrons. The average Bonchev–Trinajstić information content (AvgIpc) is 3.43. The number of alkyl halides is 3. The number of fused-ring (bicyclic) bond motifs is 2. The Kier molecular flexibility index (Phi) is 9.93. The highest BCUT2D eigenvalue weighted by molar-refractivity contribution is 7.17. The van der Waals surface area contributed by atoms with Gasteiger partial charge < -0.3 is 30.3 Å². The van der Waals surface area contributed by atoms with E-state index in [0.29, 0.717) is 17.8 Å². The normalized spacial score (nSPS) is 15.3. The van der Waals surface area contributed by atoms with E-state index in [-0.39, 0.29) is 18.2 Å². The molecule has 0 amide bonds. The van der Waals surface area contributed by atoms with Crippen LogP contribution < -0.4 is 10.1 Å². The molecule has 5 rings (SSSR count). The van der Waals surface area contributed by atoms with Crippen molar-refractivity contribution in [3.05, 3.63) is 64.8 Å². The number of hydrogen-bond acceptors (Lipinski definition) is 9. The second kappa shape index (κ2) is 13.4. The van der Waals surface area contributed by atoms with E-state index in [2.05, 4.69) is 20.2 Å². The van der Waals surface area contributed by atoms with Crippen LogP contribution in [-0.2, 0) is 22.3 Å². The fraction of sp³-hybridized carbons (Fsp3) is 0.357. The monoisotopic (exact) mass is 606 g/mol. The van der Waals surface area contributed by atoms with Gasteiger partial charge in [0.2, 0.25) is 0 Å². The van der Waals surface area contributed by atoms with Crippen molar-refractivity contribution in [1.29, 1.82) is 0 Å². The minimum atomic E-state index is -4.49. The maximum Gasteiger partial charge on any atom is 0.433 e. The molecule has 0 bridgehead atoms. The third kappa shape index (κ3) is 7.70. The quantitative estimate of drug-likeness (QED) is 0.225. The first-order valence-electron chi connectivity index (χ1n) is 12.9. The van der Waals surface area contributed by atoms with E-state index in [1.165, 1.54) is 11.3 Å². The number of likely N-dealkylation sites (tertiary alicyclic amines) is 1. The van der Waals surface area contributed by atoms with E-state index >= 15 is 0 Å². The largest absolute Gasteiger partial charge is 0.497 e. The summed E-state index contributed by atoms with van der Waals surface area (Å²) in [5.41, 5.74) is 1.33. The standard InChI is InChI=1S/C26H27F3N4O2S.C2H2O4/c1-35-18-2-3-21-20(13-18)19(4-8-30-21)23(34)15-33-9-5-17(6-10-33)31-14-16-12-24-22(7-11-36-24)32-25(16)26(27,28)29;3-1(4)2(5)6/h2-4,7-8,11-13,17,23,31,34H,5-6,9-10,14-15H2,1H3;(H,3,4)(H,5,6)/t23-;/m0./s1. The van der Waals surface area contributed by atoms with E-state index in [1.54, 1.807) is 30.8 Å². The SMILES string of the molecule is COc1ccc2nccc([C@@H](O)CN3CCC(NCc4cc5sccc5nc4C(F)(F)F)CC3)c2c1.O=C(O)C(=O)O. The number of carboxylic acids is 2. The third-order valence-corrected chi connectivity index (χ3v) is 7.76. The highest BCUT2D eigenvalue weighted by Crippen LogP contribution is 2.34. The van der Waals surface area contributed by atoms with Crippen LogP contribution in [-0.4, -0.2) is 74.9 Å². The average molecular weight is 607 g/mol. The molecule has 0 unspecified atom stereocenters. The lowest BCUT2D eigenvalue weighted by atomic mass is 10.0. The Morgan fingerprint density at radius 3 is 2.48 bits per heavy atom. The molecule has 4 heterocycles. The number of thiophene rings is 1. The summed E-state index contributed by atoms with van der Waals surface area (Å²) in [6, 6.07) is 10.7. The second-order valence-corrected chi connectivity index (χ2v) is 10.6. The summed E-state index contributed by atoms with van der Waals surface area (Å²) in [5.74, 6) is -2.94.